The zero-order valence-electron chi connectivity index (χ0n) is 11.4. The van der Waals surface area contributed by atoms with Crippen LogP contribution in [0.4, 0.5) is 0 Å². The summed E-state index contributed by atoms with van der Waals surface area (Å²) in [5, 5.41) is 0. The van der Waals surface area contributed by atoms with Gasteiger partial charge < -0.3 is 4.55 Å². The van der Waals surface area contributed by atoms with Gasteiger partial charge in [0, 0.05) is 5.56 Å². The fraction of sp³-hybridized carbons (Fsp3) is 0.250. The van der Waals surface area contributed by atoms with Crippen LogP contribution in [0.25, 0.3) is 11.1 Å². The van der Waals surface area contributed by atoms with Crippen LogP contribution in [0.1, 0.15) is 26.3 Å². The van der Waals surface area contributed by atoms with Crippen LogP contribution in [0.3, 0.4) is 0 Å². The average molecular weight is 274 g/mol. The van der Waals surface area contributed by atoms with Gasteiger partial charge in [0.25, 0.3) is 0 Å². The van der Waals surface area contributed by atoms with E-state index in [-0.39, 0.29) is 5.41 Å². The van der Waals surface area contributed by atoms with Crippen LogP contribution in [-0.2, 0) is 16.5 Å². The Morgan fingerprint density at radius 3 is 2.00 bits per heavy atom. The lowest BCUT2D eigenvalue weighted by atomic mass is 9.82. The van der Waals surface area contributed by atoms with Crippen molar-refractivity contribution in [3.8, 4) is 11.1 Å². The highest BCUT2D eigenvalue weighted by Crippen LogP contribution is 2.35. The molecule has 0 bridgehead atoms. The topological polar surface area (TPSA) is 37.3 Å². The number of benzene rings is 2. The van der Waals surface area contributed by atoms with Crippen molar-refractivity contribution in [3.05, 3.63) is 54.1 Å². The Morgan fingerprint density at radius 2 is 1.42 bits per heavy atom. The van der Waals surface area contributed by atoms with E-state index in [2.05, 4.69) is 26.8 Å². The molecule has 2 rings (SSSR count). The lowest BCUT2D eigenvalue weighted by molar-refractivity contribution is 0.564. The second-order valence-corrected chi connectivity index (χ2v) is 6.48. The molecule has 0 saturated carbocycles. The van der Waals surface area contributed by atoms with Crippen LogP contribution >= 0.6 is 0 Å². The third-order valence-electron chi connectivity index (χ3n) is 3.10. The first kappa shape index (κ1) is 14.0. The Morgan fingerprint density at radius 1 is 0.895 bits per heavy atom. The van der Waals surface area contributed by atoms with Gasteiger partial charge in [0.2, 0.25) is 0 Å². The molecule has 0 spiro atoms. The Hall–Kier alpha value is -1.45. The van der Waals surface area contributed by atoms with Crippen molar-refractivity contribution in [2.45, 2.75) is 31.1 Å². The summed E-state index contributed by atoms with van der Waals surface area (Å²) in [4.78, 5) is 0.458. The van der Waals surface area contributed by atoms with E-state index < -0.39 is 11.1 Å². The van der Waals surface area contributed by atoms with Gasteiger partial charge in [-0.05, 0) is 22.6 Å². The van der Waals surface area contributed by atoms with Crippen molar-refractivity contribution < 1.29 is 8.76 Å². The fourth-order valence-corrected chi connectivity index (χ4v) is 2.77. The van der Waals surface area contributed by atoms with Crippen molar-refractivity contribution in [2.24, 2.45) is 0 Å². The second kappa shape index (κ2) is 5.27. The average Bonchev–Trinajstić information content (AvgIpc) is 2.37. The summed E-state index contributed by atoms with van der Waals surface area (Å²) in [6, 6.07) is 15.3. The minimum atomic E-state index is -1.98. The third-order valence-corrected chi connectivity index (χ3v) is 3.83. The monoisotopic (exact) mass is 274 g/mol. The zero-order valence-corrected chi connectivity index (χ0v) is 12.2. The van der Waals surface area contributed by atoms with E-state index in [1.165, 1.54) is 5.56 Å². The number of rotatable bonds is 2. The second-order valence-electron chi connectivity index (χ2n) is 5.54. The van der Waals surface area contributed by atoms with E-state index in [1.54, 1.807) is 12.1 Å². The molecular weight excluding hydrogens is 256 g/mol. The molecule has 0 aliphatic rings. The van der Waals surface area contributed by atoms with E-state index in [4.69, 9.17) is 0 Å². The molecule has 19 heavy (non-hydrogen) atoms. The van der Waals surface area contributed by atoms with Gasteiger partial charge in [-0.3, -0.25) is 0 Å². The first-order valence-electron chi connectivity index (χ1n) is 6.21. The molecule has 1 atom stereocenters. The lowest BCUT2D eigenvalue weighted by Crippen LogP contribution is -2.13. The highest BCUT2D eigenvalue weighted by molar-refractivity contribution is 7.79. The summed E-state index contributed by atoms with van der Waals surface area (Å²) >= 11 is -1.98. The van der Waals surface area contributed by atoms with Crippen molar-refractivity contribution in [1.82, 2.24) is 0 Å². The van der Waals surface area contributed by atoms with E-state index in [1.807, 2.05) is 30.3 Å². The smallest absolute Gasteiger partial charge is 0.187 e. The van der Waals surface area contributed by atoms with Gasteiger partial charge in [0.1, 0.15) is 0 Å². The first-order valence-corrected chi connectivity index (χ1v) is 7.31. The summed E-state index contributed by atoms with van der Waals surface area (Å²) in [6.07, 6.45) is 0. The highest BCUT2D eigenvalue weighted by Gasteiger charge is 2.20. The summed E-state index contributed by atoms with van der Waals surface area (Å²) in [5.74, 6) is 0. The van der Waals surface area contributed by atoms with Crippen LogP contribution < -0.4 is 0 Å². The normalized spacial score (nSPS) is 13.3. The maximum atomic E-state index is 11.5. The molecule has 0 amide bonds. The van der Waals surface area contributed by atoms with Crippen molar-refractivity contribution in [2.75, 3.05) is 0 Å². The largest absolute Gasteiger partial charge is 0.302 e. The number of hydrogen-bond donors (Lipinski definition) is 1. The summed E-state index contributed by atoms with van der Waals surface area (Å²) in [5.41, 5.74) is 3.01. The van der Waals surface area contributed by atoms with Crippen LogP contribution in [-0.4, -0.2) is 8.76 Å². The molecule has 0 radical (unpaired) electrons. The predicted molar refractivity (Wildman–Crippen MR) is 79.6 cm³/mol. The molecule has 1 unspecified atom stereocenters. The standard InChI is InChI=1S/C16H18O2S/c1-16(2,3)14-10-6-4-8-12(14)13-9-5-7-11-15(13)19(17)18/h4-11H,1-3H3,(H,17,18). The molecule has 1 N–H and O–H groups in total. The molecule has 3 heteroatoms. The van der Waals surface area contributed by atoms with E-state index in [0.29, 0.717) is 4.90 Å². The molecule has 0 aliphatic heterocycles. The summed E-state index contributed by atoms with van der Waals surface area (Å²) in [6.45, 7) is 6.43. The SMILES string of the molecule is CC(C)(C)c1ccccc1-c1ccccc1S(=O)O. The van der Waals surface area contributed by atoms with Gasteiger partial charge >= 0.3 is 0 Å². The van der Waals surface area contributed by atoms with Gasteiger partial charge in [-0.1, -0.05) is 63.2 Å². The quantitative estimate of drug-likeness (QED) is 0.832. The van der Waals surface area contributed by atoms with E-state index in [9.17, 15) is 8.76 Å². The van der Waals surface area contributed by atoms with Crippen molar-refractivity contribution in [1.29, 1.82) is 0 Å². The Bertz CT molecular complexity index is 612. The van der Waals surface area contributed by atoms with Crippen LogP contribution in [0.15, 0.2) is 53.4 Å². The van der Waals surface area contributed by atoms with E-state index in [0.717, 1.165) is 11.1 Å². The summed E-state index contributed by atoms with van der Waals surface area (Å²) in [7, 11) is 0. The molecule has 2 aromatic carbocycles. The van der Waals surface area contributed by atoms with Gasteiger partial charge in [0.15, 0.2) is 11.1 Å². The van der Waals surface area contributed by atoms with Gasteiger partial charge in [0.05, 0.1) is 4.90 Å². The minimum Gasteiger partial charge on any atom is -0.302 e. The van der Waals surface area contributed by atoms with Crippen molar-refractivity contribution in [3.63, 3.8) is 0 Å². The van der Waals surface area contributed by atoms with Gasteiger partial charge in [-0.2, -0.15) is 0 Å². The first-order chi connectivity index (χ1) is 8.91. The number of hydrogen-bond acceptors (Lipinski definition) is 1. The molecule has 2 nitrogen and oxygen atoms in total. The van der Waals surface area contributed by atoms with Gasteiger partial charge in [-0.15, -0.1) is 0 Å². The Labute approximate surface area is 116 Å². The van der Waals surface area contributed by atoms with Gasteiger partial charge in [-0.25, -0.2) is 4.21 Å². The summed E-state index contributed by atoms with van der Waals surface area (Å²) < 4.78 is 20.9. The molecule has 0 aliphatic carbocycles. The maximum Gasteiger partial charge on any atom is 0.187 e. The van der Waals surface area contributed by atoms with Crippen LogP contribution in [0.2, 0.25) is 0 Å². The minimum absolute atomic E-state index is 0.0132. The highest BCUT2D eigenvalue weighted by atomic mass is 32.2. The molecule has 0 fully saturated rings. The van der Waals surface area contributed by atoms with Crippen LogP contribution in [0.5, 0.6) is 0 Å². The fourth-order valence-electron chi connectivity index (χ4n) is 2.21. The maximum absolute atomic E-state index is 11.5. The van der Waals surface area contributed by atoms with Crippen molar-refractivity contribution >= 4 is 11.1 Å². The molecule has 2 aromatic rings. The lowest BCUT2D eigenvalue weighted by Gasteiger charge is -2.23. The Kier molecular flexibility index (Phi) is 3.88. The third kappa shape index (κ3) is 2.94. The Balaban J connectivity index is 2.70. The zero-order chi connectivity index (χ0) is 14.0. The molecule has 0 aromatic heterocycles. The van der Waals surface area contributed by atoms with Crippen LogP contribution in [0, 0.1) is 0 Å². The van der Waals surface area contributed by atoms with E-state index >= 15 is 0 Å². The molecule has 0 saturated heterocycles. The molecular formula is C16H18O2S. The predicted octanol–water partition coefficient (Wildman–Crippen LogP) is 4.23. The molecule has 0 heterocycles. The molecule has 100 valence electrons.